The first-order chi connectivity index (χ1) is 11.2. The van der Waals surface area contributed by atoms with E-state index in [1.807, 2.05) is 36.4 Å². The van der Waals surface area contributed by atoms with Gasteiger partial charge in [-0.15, -0.1) is 5.10 Å². The van der Waals surface area contributed by atoms with E-state index >= 15 is 0 Å². The van der Waals surface area contributed by atoms with Crippen molar-refractivity contribution in [2.75, 3.05) is 0 Å². The Morgan fingerprint density at radius 1 is 1.26 bits per heavy atom. The molecule has 0 saturated carbocycles. The highest BCUT2D eigenvalue weighted by atomic mass is 15.4. The lowest BCUT2D eigenvalue weighted by molar-refractivity contribution is 0.430. The highest BCUT2D eigenvalue weighted by Crippen LogP contribution is 2.30. The monoisotopic (exact) mass is 308 g/mol. The Morgan fingerprint density at radius 3 is 3.00 bits per heavy atom. The van der Waals surface area contributed by atoms with E-state index in [1.165, 1.54) is 17.7 Å². The average Bonchev–Trinajstić information content (AvgIpc) is 3.17. The predicted octanol–water partition coefficient (Wildman–Crippen LogP) is 2.46. The van der Waals surface area contributed by atoms with Crippen molar-refractivity contribution < 1.29 is 0 Å². The molecule has 3 aromatic heterocycles. The van der Waals surface area contributed by atoms with Gasteiger partial charge in [-0.1, -0.05) is 11.3 Å². The minimum atomic E-state index is 0.201. The fourth-order valence-electron chi connectivity index (χ4n) is 3.26. The van der Waals surface area contributed by atoms with Crippen LogP contribution in [0.5, 0.6) is 0 Å². The molecule has 3 heterocycles. The van der Waals surface area contributed by atoms with Gasteiger partial charge in [0.05, 0.1) is 36.5 Å². The third-order valence-corrected chi connectivity index (χ3v) is 4.72. The first-order valence-electron chi connectivity index (χ1n) is 8.05. The highest BCUT2D eigenvalue weighted by molar-refractivity contribution is 5.26. The van der Waals surface area contributed by atoms with Gasteiger partial charge in [-0.2, -0.15) is 0 Å². The van der Waals surface area contributed by atoms with Gasteiger partial charge in [0.15, 0.2) is 0 Å². The molecule has 0 fully saturated rings. The van der Waals surface area contributed by atoms with Crippen LogP contribution in [-0.2, 0) is 13.0 Å². The maximum atomic E-state index is 4.58. The van der Waals surface area contributed by atoms with Gasteiger partial charge in [0.2, 0.25) is 0 Å². The summed E-state index contributed by atoms with van der Waals surface area (Å²) in [6.07, 6.45) is 9.11. The van der Waals surface area contributed by atoms with E-state index in [9.17, 15) is 0 Å². The van der Waals surface area contributed by atoms with E-state index in [1.54, 1.807) is 0 Å². The first kappa shape index (κ1) is 14.1. The fourth-order valence-corrected chi connectivity index (χ4v) is 3.26. The van der Waals surface area contributed by atoms with Crippen LogP contribution in [0.3, 0.4) is 0 Å². The average molecular weight is 308 g/mol. The van der Waals surface area contributed by atoms with Crippen molar-refractivity contribution in [1.29, 1.82) is 0 Å². The molecule has 23 heavy (non-hydrogen) atoms. The Kier molecular flexibility index (Phi) is 3.44. The third kappa shape index (κ3) is 2.54. The zero-order chi connectivity index (χ0) is 15.8. The Hall–Kier alpha value is -2.50. The van der Waals surface area contributed by atoms with Crippen molar-refractivity contribution in [3.63, 3.8) is 0 Å². The molecule has 4 rings (SSSR count). The summed E-state index contributed by atoms with van der Waals surface area (Å²) in [6.45, 7) is 4.80. The van der Waals surface area contributed by atoms with Gasteiger partial charge in [-0.05, 0) is 44.7 Å². The summed E-state index contributed by atoms with van der Waals surface area (Å²) in [5.41, 5.74) is 5.66. The number of aryl methyl sites for hydroxylation is 2. The lowest BCUT2D eigenvalue weighted by atomic mass is 9.92. The summed E-state index contributed by atoms with van der Waals surface area (Å²) < 4.78 is 4.08. The van der Waals surface area contributed by atoms with Crippen molar-refractivity contribution >= 4 is 0 Å². The van der Waals surface area contributed by atoms with E-state index in [0.29, 0.717) is 6.54 Å². The second-order valence-corrected chi connectivity index (χ2v) is 6.19. The zero-order valence-electron chi connectivity index (χ0n) is 13.5. The van der Waals surface area contributed by atoms with Crippen LogP contribution in [-0.4, -0.2) is 29.5 Å². The van der Waals surface area contributed by atoms with Crippen LogP contribution < -0.4 is 0 Å². The maximum absolute atomic E-state index is 4.58. The molecule has 6 heteroatoms. The van der Waals surface area contributed by atoms with Crippen molar-refractivity contribution in [1.82, 2.24) is 29.5 Å². The maximum Gasteiger partial charge on any atom is 0.102 e. The van der Waals surface area contributed by atoms with Crippen LogP contribution in [0.1, 0.15) is 47.2 Å². The van der Waals surface area contributed by atoms with Crippen molar-refractivity contribution in [2.45, 2.75) is 45.7 Å². The smallest absolute Gasteiger partial charge is 0.102 e. The Bertz CT molecular complexity index is 831. The van der Waals surface area contributed by atoms with Crippen LogP contribution in [0.4, 0.5) is 0 Å². The number of imidazole rings is 1. The quantitative estimate of drug-likeness (QED) is 0.745. The lowest BCUT2D eigenvalue weighted by Crippen LogP contribution is -2.19. The molecular formula is C17H20N6. The molecule has 1 aliphatic rings. The van der Waals surface area contributed by atoms with E-state index in [-0.39, 0.29) is 6.04 Å². The van der Waals surface area contributed by atoms with Gasteiger partial charge in [0, 0.05) is 11.9 Å². The van der Waals surface area contributed by atoms with E-state index in [4.69, 9.17) is 0 Å². The number of aromatic nitrogens is 6. The Morgan fingerprint density at radius 2 is 2.17 bits per heavy atom. The van der Waals surface area contributed by atoms with Gasteiger partial charge in [-0.25, -0.2) is 9.67 Å². The Labute approximate surface area is 135 Å². The summed E-state index contributed by atoms with van der Waals surface area (Å²) in [5, 5.41) is 8.71. The molecule has 1 aliphatic carbocycles. The number of rotatable bonds is 3. The Balaban J connectivity index is 1.60. The zero-order valence-corrected chi connectivity index (χ0v) is 13.5. The molecule has 0 spiro atoms. The molecule has 0 saturated heterocycles. The minimum Gasteiger partial charge on any atom is -0.328 e. The van der Waals surface area contributed by atoms with Crippen LogP contribution >= 0.6 is 0 Å². The first-order valence-corrected chi connectivity index (χ1v) is 8.05. The predicted molar refractivity (Wildman–Crippen MR) is 86.1 cm³/mol. The van der Waals surface area contributed by atoms with Crippen LogP contribution in [0.15, 0.2) is 30.9 Å². The van der Waals surface area contributed by atoms with Gasteiger partial charge >= 0.3 is 0 Å². The molecule has 118 valence electrons. The molecule has 1 atom stereocenters. The summed E-state index contributed by atoms with van der Waals surface area (Å²) in [7, 11) is 0. The van der Waals surface area contributed by atoms with Crippen LogP contribution in [0, 0.1) is 13.8 Å². The molecular weight excluding hydrogens is 288 g/mol. The summed E-state index contributed by atoms with van der Waals surface area (Å²) in [5.74, 6) is 0. The van der Waals surface area contributed by atoms with Crippen molar-refractivity contribution in [3.8, 4) is 0 Å². The number of hydrogen-bond donors (Lipinski definition) is 0. The summed E-state index contributed by atoms with van der Waals surface area (Å²) in [4.78, 5) is 8.92. The van der Waals surface area contributed by atoms with Gasteiger partial charge < -0.3 is 4.57 Å². The number of hydrogen-bond acceptors (Lipinski definition) is 4. The van der Waals surface area contributed by atoms with E-state index < -0.39 is 0 Å². The number of pyridine rings is 1. The standard InChI is InChI=1S/C17H20N6/c1-12-13(2)22(11-19-12)9-15-10-23(21-20-15)16-7-3-5-14-6-4-8-18-17(14)16/h4,6,8,10-11,16H,3,5,7,9H2,1-2H3/t16-/m0/s1. The second kappa shape index (κ2) is 5.61. The minimum absolute atomic E-state index is 0.201. The highest BCUT2D eigenvalue weighted by Gasteiger charge is 2.24. The normalized spacial score (nSPS) is 17.2. The molecule has 0 bridgehead atoms. The summed E-state index contributed by atoms with van der Waals surface area (Å²) >= 11 is 0. The molecule has 0 unspecified atom stereocenters. The molecule has 6 nitrogen and oxygen atoms in total. The van der Waals surface area contributed by atoms with Gasteiger partial charge in [0.1, 0.15) is 5.69 Å². The molecule has 0 aromatic carbocycles. The van der Waals surface area contributed by atoms with Crippen LogP contribution in [0.2, 0.25) is 0 Å². The molecule has 0 aliphatic heterocycles. The van der Waals surface area contributed by atoms with Crippen LogP contribution in [0.25, 0.3) is 0 Å². The van der Waals surface area contributed by atoms with E-state index in [0.717, 1.165) is 29.9 Å². The van der Waals surface area contributed by atoms with Crippen molar-refractivity contribution in [3.05, 3.63) is 59.2 Å². The molecule has 0 amide bonds. The number of fused-ring (bicyclic) bond motifs is 1. The fraction of sp³-hybridized carbons (Fsp3) is 0.412. The summed E-state index contributed by atoms with van der Waals surface area (Å²) in [6, 6.07) is 4.38. The van der Waals surface area contributed by atoms with Gasteiger partial charge in [-0.3, -0.25) is 4.98 Å². The second-order valence-electron chi connectivity index (χ2n) is 6.19. The van der Waals surface area contributed by atoms with E-state index in [2.05, 4.69) is 37.8 Å². The molecule has 3 aromatic rings. The number of nitrogens with zero attached hydrogens (tertiary/aromatic N) is 6. The lowest BCUT2D eigenvalue weighted by Gasteiger charge is -2.23. The van der Waals surface area contributed by atoms with Gasteiger partial charge in [0.25, 0.3) is 0 Å². The largest absolute Gasteiger partial charge is 0.328 e. The third-order valence-electron chi connectivity index (χ3n) is 4.72. The molecule has 0 radical (unpaired) electrons. The van der Waals surface area contributed by atoms with Crippen molar-refractivity contribution in [2.24, 2.45) is 0 Å². The molecule has 0 N–H and O–H groups in total. The topological polar surface area (TPSA) is 61.4 Å². The SMILES string of the molecule is Cc1ncn(Cc2cn([C@H]3CCCc4cccnc43)nn2)c1C.